The molecule has 1 fully saturated rings. The van der Waals surface area contributed by atoms with Gasteiger partial charge in [-0.15, -0.1) is 0 Å². The van der Waals surface area contributed by atoms with Gasteiger partial charge in [-0.25, -0.2) is 0 Å². The van der Waals surface area contributed by atoms with E-state index >= 15 is 0 Å². The van der Waals surface area contributed by atoms with Crippen molar-refractivity contribution in [3.8, 4) is 5.75 Å². The van der Waals surface area contributed by atoms with E-state index in [-0.39, 0.29) is 11.3 Å². The highest BCUT2D eigenvalue weighted by molar-refractivity contribution is 6.46. The van der Waals surface area contributed by atoms with Gasteiger partial charge in [0.05, 0.1) is 18.7 Å². The second-order valence-electron chi connectivity index (χ2n) is 6.48. The molecule has 146 valence electrons. The summed E-state index contributed by atoms with van der Waals surface area (Å²) in [5, 5.41) is 10.9. The maximum Gasteiger partial charge on any atom is 0.295 e. The minimum Gasteiger partial charge on any atom is -0.507 e. The molecule has 6 nitrogen and oxygen atoms in total. The molecule has 1 amide bonds. The monoisotopic (exact) mass is 381 g/mol. The molecule has 0 aromatic heterocycles. The maximum absolute atomic E-state index is 12.8. The van der Waals surface area contributed by atoms with Crippen molar-refractivity contribution in [2.45, 2.75) is 12.5 Å². The number of benzene rings is 2. The second kappa shape index (κ2) is 8.71. The third-order valence-electron chi connectivity index (χ3n) is 4.77. The van der Waals surface area contributed by atoms with E-state index < -0.39 is 17.7 Å². The third kappa shape index (κ3) is 3.77. The fourth-order valence-corrected chi connectivity index (χ4v) is 3.37. The molecular weight excluding hydrogens is 358 g/mol. The van der Waals surface area contributed by atoms with Crippen LogP contribution in [0.5, 0.6) is 5.75 Å². The summed E-state index contributed by atoms with van der Waals surface area (Å²) in [7, 11) is 3.16. The van der Waals surface area contributed by atoms with Crippen molar-refractivity contribution >= 4 is 17.4 Å². The number of nitrogens with zero attached hydrogens (tertiary/aromatic N) is 1. The Hall–Kier alpha value is -3.12. The number of ether oxygens (including phenoxy) is 2. The van der Waals surface area contributed by atoms with E-state index in [2.05, 4.69) is 0 Å². The van der Waals surface area contributed by atoms with Gasteiger partial charge in [-0.3, -0.25) is 9.59 Å². The van der Waals surface area contributed by atoms with Gasteiger partial charge in [0, 0.05) is 25.8 Å². The Labute approximate surface area is 164 Å². The summed E-state index contributed by atoms with van der Waals surface area (Å²) in [6.45, 7) is 0.817. The lowest BCUT2D eigenvalue weighted by atomic mass is 9.95. The molecule has 0 spiro atoms. The van der Waals surface area contributed by atoms with E-state index in [1.807, 2.05) is 6.07 Å². The molecular formula is C22H23NO5. The molecule has 2 aromatic rings. The average molecular weight is 381 g/mol. The molecule has 0 aliphatic carbocycles. The van der Waals surface area contributed by atoms with Crippen molar-refractivity contribution in [3.63, 3.8) is 0 Å². The van der Waals surface area contributed by atoms with Crippen LogP contribution in [0.4, 0.5) is 0 Å². The number of methoxy groups -OCH3 is 2. The Morgan fingerprint density at radius 1 is 1.04 bits per heavy atom. The van der Waals surface area contributed by atoms with E-state index in [0.717, 1.165) is 5.56 Å². The standard InChI is InChI=1S/C22H23NO5/c1-27-14-6-13-23-19(15-9-11-17(28-2)12-10-15)18(21(25)22(23)26)20(24)16-7-4-3-5-8-16/h3-5,7-12,19,24H,6,13-14H2,1-2H3/t19-/m1/s1. The van der Waals surface area contributed by atoms with E-state index in [9.17, 15) is 14.7 Å². The van der Waals surface area contributed by atoms with Crippen LogP contribution < -0.4 is 4.74 Å². The molecule has 1 aliphatic heterocycles. The molecule has 3 rings (SSSR count). The summed E-state index contributed by atoms with van der Waals surface area (Å²) in [6.07, 6.45) is 0.585. The Kier molecular flexibility index (Phi) is 6.11. The fourth-order valence-electron chi connectivity index (χ4n) is 3.37. The Bertz CT molecular complexity index is 874. The number of aliphatic hydroxyl groups is 1. The van der Waals surface area contributed by atoms with E-state index in [1.54, 1.807) is 62.8 Å². The summed E-state index contributed by atoms with van der Waals surface area (Å²) in [5.41, 5.74) is 1.32. The van der Waals surface area contributed by atoms with Gasteiger partial charge >= 0.3 is 0 Å². The van der Waals surface area contributed by atoms with Crippen LogP contribution in [0.1, 0.15) is 23.6 Å². The number of carbonyl (C=O) groups excluding carboxylic acids is 2. The van der Waals surface area contributed by atoms with Gasteiger partial charge < -0.3 is 19.5 Å². The lowest BCUT2D eigenvalue weighted by Crippen LogP contribution is -2.31. The SMILES string of the molecule is COCCCN1C(=O)C(=O)C(=C(O)c2ccccc2)[C@H]1c1ccc(OC)cc1. The molecule has 2 aromatic carbocycles. The number of ketones is 1. The van der Waals surface area contributed by atoms with Crippen molar-refractivity contribution in [1.82, 2.24) is 4.90 Å². The number of hydrogen-bond acceptors (Lipinski definition) is 5. The summed E-state index contributed by atoms with van der Waals surface area (Å²) in [4.78, 5) is 27.0. The van der Waals surface area contributed by atoms with E-state index in [1.165, 1.54) is 4.90 Å². The quantitative estimate of drug-likeness (QED) is 0.345. The molecule has 1 atom stereocenters. The second-order valence-corrected chi connectivity index (χ2v) is 6.48. The number of Topliss-reactive ketones (excluding diaryl/α,β-unsaturated/α-hetero) is 1. The van der Waals surface area contributed by atoms with Crippen LogP contribution in [0.25, 0.3) is 5.76 Å². The van der Waals surface area contributed by atoms with Crippen LogP contribution in [0.15, 0.2) is 60.2 Å². The van der Waals surface area contributed by atoms with Crippen molar-refractivity contribution < 1.29 is 24.2 Å². The zero-order valence-electron chi connectivity index (χ0n) is 15.9. The first-order valence-electron chi connectivity index (χ1n) is 9.05. The lowest BCUT2D eigenvalue weighted by Gasteiger charge is -2.25. The molecule has 0 unspecified atom stereocenters. The lowest BCUT2D eigenvalue weighted by molar-refractivity contribution is -0.140. The smallest absolute Gasteiger partial charge is 0.295 e. The van der Waals surface area contributed by atoms with Gasteiger partial charge in [-0.2, -0.15) is 0 Å². The zero-order valence-corrected chi connectivity index (χ0v) is 15.9. The summed E-state index contributed by atoms with van der Waals surface area (Å²) in [6, 6.07) is 15.3. The van der Waals surface area contributed by atoms with Gasteiger partial charge in [-0.1, -0.05) is 42.5 Å². The minimum absolute atomic E-state index is 0.0961. The maximum atomic E-state index is 12.8. The summed E-state index contributed by atoms with van der Waals surface area (Å²) < 4.78 is 10.3. The van der Waals surface area contributed by atoms with E-state index in [0.29, 0.717) is 30.9 Å². The molecule has 0 bridgehead atoms. The molecule has 0 radical (unpaired) electrons. The van der Waals surface area contributed by atoms with Gasteiger partial charge in [-0.05, 0) is 24.1 Å². The number of hydrogen-bond donors (Lipinski definition) is 1. The van der Waals surface area contributed by atoms with Crippen LogP contribution in [0.3, 0.4) is 0 Å². The van der Waals surface area contributed by atoms with Crippen LogP contribution in [-0.2, 0) is 14.3 Å². The minimum atomic E-state index is -0.681. The molecule has 1 aliphatic rings. The Balaban J connectivity index is 2.09. The predicted molar refractivity (Wildman–Crippen MR) is 105 cm³/mol. The Morgan fingerprint density at radius 2 is 1.71 bits per heavy atom. The topological polar surface area (TPSA) is 76.1 Å². The van der Waals surface area contributed by atoms with Crippen LogP contribution in [-0.4, -0.2) is 49.1 Å². The van der Waals surface area contributed by atoms with Crippen LogP contribution in [0.2, 0.25) is 0 Å². The molecule has 1 saturated heterocycles. The van der Waals surface area contributed by atoms with Gasteiger partial charge in [0.15, 0.2) is 0 Å². The third-order valence-corrected chi connectivity index (χ3v) is 4.77. The normalized spacial score (nSPS) is 18.5. The van der Waals surface area contributed by atoms with Crippen molar-refractivity contribution in [2.75, 3.05) is 27.4 Å². The first-order valence-corrected chi connectivity index (χ1v) is 9.05. The highest BCUT2D eigenvalue weighted by atomic mass is 16.5. The fraction of sp³-hybridized carbons (Fsp3) is 0.273. The van der Waals surface area contributed by atoms with Crippen molar-refractivity contribution in [2.24, 2.45) is 0 Å². The van der Waals surface area contributed by atoms with Crippen LogP contribution >= 0.6 is 0 Å². The summed E-state index contributed by atoms with van der Waals surface area (Å²) in [5.74, 6) is -0.800. The average Bonchev–Trinajstić information content (AvgIpc) is 2.99. The molecule has 0 saturated carbocycles. The largest absolute Gasteiger partial charge is 0.507 e. The van der Waals surface area contributed by atoms with Crippen molar-refractivity contribution in [3.05, 3.63) is 71.3 Å². The Morgan fingerprint density at radius 3 is 2.32 bits per heavy atom. The molecule has 1 heterocycles. The summed E-state index contributed by atoms with van der Waals surface area (Å²) >= 11 is 0. The number of carbonyl (C=O) groups is 2. The number of likely N-dealkylation sites (tertiary alicyclic amines) is 1. The van der Waals surface area contributed by atoms with Crippen LogP contribution in [0, 0.1) is 0 Å². The first kappa shape index (κ1) is 19.6. The molecule has 28 heavy (non-hydrogen) atoms. The zero-order chi connectivity index (χ0) is 20.1. The highest BCUT2D eigenvalue weighted by Gasteiger charge is 2.45. The first-order chi connectivity index (χ1) is 13.6. The molecule has 6 heteroatoms. The number of aliphatic hydroxyl groups excluding tert-OH is 1. The number of amides is 1. The van der Waals surface area contributed by atoms with E-state index in [4.69, 9.17) is 9.47 Å². The highest BCUT2D eigenvalue weighted by Crippen LogP contribution is 2.39. The van der Waals surface area contributed by atoms with Gasteiger partial charge in [0.25, 0.3) is 11.7 Å². The number of rotatable bonds is 7. The van der Waals surface area contributed by atoms with Gasteiger partial charge in [0.1, 0.15) is 11.5 Å². The predicted octanol–water partition coefficient (Wildman–Crippen LogP) is 3.15. The van der Waals surface area contributed by atoms with Crippen molar-refractivity contribution in [1.29, 1.82) is 0 Å². The molecule has 1 N–H and O–H groups in total. The van der Waals surface area contributed by atoms with Gasteiger partial charge in [0.2, 0.25) is 0 Å².